The van der Waals surface area contributed by atoms with Crippen molar-refractivity contribution in [2.45, 2.75) is 81.5 Å². The summed E-state index contributed by atoms with van der Waals surface area (Å²) in [4.78, 5) is 0. The molecule has 0 bridgehead atoms. The molecular formula is C14H26O9. The molecule has 0 aromatic heterocycles. The molecule has 2 heterocycles. The van der Waals surface area contributed by atoms with Gasteiger partial charge in [0.15, 0.2) is 6.29 Å². The summed E-state index contributed by atoms with van der Waals surface area (Å²) >= 11 is 0. The van der Waals surface area contributed by atoms with Crippen LogP contribution >= 0.6 is 0 Å². The molecule has 0 radical (unpaired) electrons. The average Bonchev–Trinajstić information content (AvgIpc) is 2.54. The van der Waals surface area contributed by atoms with Gasteiger partial charge < -0.3 is 44.8 Å². The summed E-state index contributed by atoms with van der Waals surface area (Å²) in [6.07, 6.45) is -11.1. The second kappa shape index (κ2) is 7.68. The highest BCUT2D eigenvalue weighted by atomic mass is 16.7. The number of ether oxygens (including phenoxy) is 3. The van der Waals surface area contributed by atoms with E-state index in [1.54, 1.807) is 6.92 Å². The highest BCUT2D eigenvalue weighted by molar-refractivity contribution is 4.92. The molecule has 0 saturated carbocycles. The Morgan fingerprint density at radius 1 is 0.739 bits per heavy atom. The van der Waals surface area contributed by atoms with Gasteiger partial charge in [-0.05, 0) is 13.3 Å². The van der Waals surface area contributed by atoms with Crippen LogP contribution in [0.4, 0.5) is 0 Å². The zero-order valence-corrected chi connectivity index (χ0v) is 13.1. The second-order valence-electron chi connectivity index (χ2n) is 6.11. The lowest BCUT2D eigenvalue weighted by Crippen LogP contribution is -2.60. The van der Waals surface area contributed by atoms with Crippen molar-refractivity contribution in [2.75, 3.05) is 6.61 Å². The fourth-order valence-electron chi connectivity index (χ4n) is 2.84. The molecule has 0 aromatic rings. The minimum atomic E-state index is -1.46. The minimum Gasteiger partial charge on any atom is -0.388 e. The summed E-state index contributed by atoms with van der Waals surface area (Å²) in [5, 5.41) is 58.8. The lowest BCUT2D eigenvalue weighted by atomic mass is 9.94. The summed E-state index contributed by atoms with van der Waals surface area (Å²) in [5.41, 5.74) is 0. The maximum Gasteiger partial charge on any atom is 0.186 e. The van der Waals surface area contributed by atoms with Crippen molar-refractivity contribution in [1.82, 2.24) is 0 Å². The standard InChI is InChI=1S/C14H26O9/c1-3-6-9(16)12(19)10(17)7(23-6)4-21-14-13(20)11(18)8(15)5(2)22-14/h5-20H,3-4H2,1-2H3/t5-,6-,7+,8-,9-,10+,11?,12+,13+,14+/m0/s1. The van der Waals surface area contributed by atoms with E-state index in [1.807, 2.05) is 0 Å². The molecule has 136 valence electrons. The Hall–Kier alpha value is -0.360. The van der Waals surface area contributed by atoms with Crippen molar-refractivity contribution in [3.63, 3.8) is 0 Å². The Morgan fingerprint density at radius 3 is 1.91 bits per heavy atom. The number of hydrogen-bond donors (Lipinski definition) is 6. The van der Waals surface area contributed by atoms with Crippen molar-refractivity contribution in [3.05, 3.63) is 0 Å². The molecule has 2 aliphatic rings. The van der Waals surface area contributed by atoms with Crippen molar-refractivity contribution < 1.29 is 44.8 Å². The van der Waals surface area contributed by atoms with Crippen LogP contribution in [-0.2, 0) is 14.2 Å². The number of hydrogen-bond acceptors (Lipinski definition) is 9. The van der Waals surface area contributed by atoms with E-state index in [9.17, 15) is 30.6 Å². The normalized spacial score (nSPS) is 51.7. The lowest BCUT2D eigenvalue weighted by molar-refractivity contribution is -0.308. The Morgan fingerprint density at radius 2 is 1.30 bits per heavy atom. The highest BCUT2D eigenvalue weighted by Gasteiger charge is 2.45. The Bertz CT molecular complexity index is 379. The third kappa shape index (κ3) is 3.84. The van der Waals surface area contributed by atoms with Gasteiger partial charge in [0, 0.05) is 0 Å². The molecule has 6 N–H and O–H groups in total. The number of rotatable bonds is 4. The highest BCUT2D eigenvalue weighted by Crippen LogP contribution is 2.26. The summed E-state index contributed by atoms with van der Waals surface area (Å²) in [5.74, 6) is 0. The van der Waals surface area contributed by atoms with Crippen molar-refractivity contribution in [1.29, 1.82) is 0 Å². The number of aliphatic hydroxyl groups excluding tert-OH is 6. The molecule has 2 rings (SSSR count). The maximum absolute atomic E-state index is 9.95. The molecule has 23 heavy (non-hydrogen) atoms. The fourth-order valence-corrected chi connectivity index (χ4v) is 2.84. The molecular weight excluding hydrogens is 312 g/mol. The Labute approximate surface area is 134 Å². The van der Waals surface area contributed by atoms with Gasteiger partial charge in [-0.2, -0.15) is 0 Å². The Kier molecular flexibility index (Phi) is 6.34. The zero-order chi connectivity index (χ0) is 17.3. The monoisotopic (exact) mass is 338 g/mol. The summed E-state index contributed by atoms with van der Waals surface area (Å²) in [6.45, 7) is 3.07. The minimum absolute atomic E-state index is 0.224. The fraction of sp³-hybridized carbons (Fsp3) is 1.00. The van der Waals surface area contributed by atoms with Crippen molar-refractivity contribution >= 4 is 0 Å². The van der Waals surface area contributed by atoms with Gasteiger partial charge in [-0.3, -0.25) is 0 Å². The van der Waals surface area contributed by atoms with Crippen LogP contribution in [0.15, 0.2) is 0 Å². The van der Waals surface area contributed by atoms with Crippen LogP contribution in [0.5, 0.6) is 0 Å². The average molecular weight is 338 g/mol. The van der Waals surface area contributed by atoms with E-state index in [0.29, 0.717) is 6.42 Å². The first-order valence-corrected chi connectivity index (χ1v) is 7.78. The first kappa shape index (κ1) is 19.0. The lowest BCUT2D eigenvalue weighted by Gasteiger charge is -2.42. The van der Waals surface area contributed by atoms with Gasteiger partial charge in [0.25, 0.3) is 0 Å². The van der Waals surface area contributed by atoms with E-state index in [4.69, 9.17) is 14.2 Å². The van der Waals surface area contributed by atoms with Crippen molar-refractivity contribution in [2.24, 2.45) is 0 Å². The van der Waals surface area contributed by atoms with Crippen LogP contribution in [0, 0.1) is 0 Å². The molecule has 0 amide bonds. The first-order valence-electron chi connectivity index (χ1n) is 7.78. The van der Waals surface area contributed by atoms with Gasteiger partial charge in [-0.1, -0.05) is 6.92 Å². The largest absolute Gasteiger partial charge is 0.388 e. The maximum atomic E-state index is 9.95. The van der Waals surface area contributed by atoms with Crippen LogP contribution in [-0.4, -0.2) is 98.5 Å². The predicted octanol–water partition coefficient (Wildman–Crippen LogP) is -2.91. The van der Waals surface area contributed by atoms with E-state index in [0.717, 1.165) is 0 Å². The molecule has 10 atom stereocenters. The smallest absolute Gasteiger partial charge is 0.186 e. The third-order valence-corrected chi connectivity index (χ3v) is 4.45. The van der Waals surface area contributed by atoms with Crippen molar-refractivity contribution in [3.8, 4) is 0 Å². The molecule has 0 aliphatic carbocycles. The van der Waals surface area contributed by atoms with Gasteiger partial charge in [0.2, 0.25) is 0 Å². The zero-order valence-electron chi connectivity index (χ0n) is 13.1. The molecule has 9 heteroatoms. The topological polar surface area (TPSA) is 149 Å². The molecule has 0 aromatic carbocycles. The van der Waals surface area contributed by atoms with Gasteiger partial charge in [-0.25, -0.2) is 0 Å². The van der Waals surface area contributed by atoms with Crippen LogP contribution in [0.3, 0.4) is 0 Å². The molecule has 2 aliphatic heterocycles. The molecule has 9 nitrogen and oxygen atoms in total. The van der Waals surface area contributed by atoms with Gasteiger partial charge in [-0.15, -0.1) is 0 Å². The Balaban J connectivity index is 1.94. The summed E-state index contributed by atoms with van der Waals surface area (Å²) in [7, 11) is 0. The van der Waals surface area contributed by atoms with Gasteiger partial charge in [0.05, 0.1) is 18.8 Å². The third-order valence-electron chi connectivity index (χ3n) is 4.45. The molecule has 2 saturated heterocycles. The second-order valence-corrected chi connectivity index (χ2v) is 6.11. The van der Waals surface area contributed by atoms with Crippen LogP contribution in [0.2, 0.25) is 0 Å². The van der Waals surface area contributed by atoms with E-state index < -0.39 is 61.2 Å². The van der Waals surface area contributed by atoms with E-state index in [2.05, 4.69) is 0 Å². The SMILES string of the molecule is CC[C@@H]1O[C@H](CO[C@@H]2O[C@@H](C)[C@H](O)C(O)[C@H]2O)[C@@H](O)[C@H](O)[C@H]1O. The molecule has 1 unspecified atom stereocenters. The first-order chi connectivity index (χ1) is 10.8. The molecule has 2 fully saturated rings. The molecule has 0 spiro atoms. The number of aliphatic hydroxyl groups is 6. The van der Waals surface area contributed by atoms with E-state index in [-0.39, 0.29) is 6.61 Å². The van der Waals surface area contributed by atoms with E-state index >= 15 is 0 Å². The van der Waals surface area contributed by atoms with Gasteiger partial charge in [0.1, 0.15) is 42.7 Å². The van der Waals surface area contributed by atoms with Crippen LogP contribution in [0.25, 0.3) is 0 Å². The summed E-state index contributed by atoms with van der Waals surface area (Å²) in [6, 6.07) is 0. The van der Waals surface area contributed by atoms with Crippen LogP contribution < -0.4 is 0 Å². The summed E-state index contributed by atoms with van der Waals surface area (Å²) < 4.78 is 16.1. The predicted molar refractivity (Wildman–Crippen MR) is 75.3 cm³/mol. The van der Waals surface area contributed by atoms with Gasteiger partial charge >= 0.3 is 0 Å². The van der Waals surface area contributed by atoms with Crippen LogP contribution in [0.1, 0.15) is 20.3 Å². The van der Waals surface area contributed by atoms with E-state index in [1.165, 1.54) is 6.92 Å². The quantitative estimate of drug-likeness (QED) is 0.317.